The lowest BCUT2D eigenvalue weighted by molar-refractivity contribution is -0.274. The quantitative estimate of drug-likeness (QED) is 0.891. The van der Waals surface area contributed by atoms with E-state index >= 15 is 0 Å². The highest BCUT2D eigenvalue weighted by Crippen LogP contribution is 2.27. The Balaban J connectivity index is 2.93. The second-order valence-corrected chi connectivity index (χ2v) is 3.93. The molecule has 0 fully saturated rings. The van der Waals surface area contributed by atoms with E-state index in [4.69, 9.17) is 10.5 Å². The Hall–Kier alpha value is -1.27. The van der Waals surface area contributed by atoms with Crippen molar-refractivity contribution in [3.63, 3.8) is 0 Å². The monoisotopic (exact) mass is 249 g/mol. The van der Waals surface area contributed by atoms with Crippen LogP contribution >= 0.6 is 0 Å². The smallest absolute Gasteiger partial charge is 0.406 e. The number of hydrogen-bond acceptors (Lipinski definition) is 3. The highest BCUT2D eigenvalue weighted by molar-refractivity contribution is 5.33. The maximum Gasteiger partial charge on any atom is 0.573 e. The van der Waals surface area contributed by atoms with Gasteiger partial charge in [-0.15, -0.1) is 13.2 Å². The van der Waals surface area contributed by atoms with Crippen LogP contribution in [0.15, 0.2) is 24.3 Å². The van der Waals surface area contributed by atoms with Crippen LogP contribution in [0.4, 0.5) is 13.2 Å². The summed E-state index contributed by atoms with van der Waals surface area (Å²) in [5.41, 5.74) is 5.57. The van der Waals surface area contributed by atoms with Gasteiger partial charge in [-0.05, 0) is 24.6 Å². The Kier molecular flexibility index (Phi) is 4.00. The first-order valence-electron chi connectivity index (χ1n) is 4.89. The zero-order valence-electron chi connectivity index (χ0n) is 9.54. The van der Waals surface area contributed by atoms with E-state index in [0.717, 1.165) is 0 Å². The third kappa shape index (κ3) is 4.24. The largest absolute Gasteiger partial charge is 0.573 e. The molecule has 1 aromatic rings. The van der Waals surface area contributed by atoms with Crippen LogP contribution in [0.5, 0.6) is 5.75 Å². The van der Waals surface area contributed by atoms with Crippen LogP contribution in [0.3, 0.4) is 0 Å². The number of methoxy groups -OCH3 is 1. The molecule has 0 saturated heterocycles. The van der Waals surface area contributed by atoms with Gasteiger partial charge in [0.1, 0.15) is 5.75 Å². The molecule has 17 heavy (non-hydrogen) atoms. The molecule has 0 spiro atoms. The minimum absolute atomic E-state index is 0.197. The number of rotatable bonds is 4. The van der Waals surface area contributed by atoms with Gasteiger partial charge in [0, 0.05) is 7.11 Å². The molecular formula is C11H14F3NO2. The van der Waals surface area contributed by atoms with Gasteiger partial charge < -0.3 is 15.2 Å². The molecule has 0 amide bonds. The van der Waals surface area contributed by atoms with Crippen LogP contribution in [-0.2, 0) is 10.3 Å². The van der Waals surface area contributed by atoms with Gasteiger partial charge in [0.05, 0.1) is 12.1 Å². The van der Waals surface area contributed by atoms with Crippen LogP contribution in [0.1, 0.15) is 12.5 Å². The minimum Gasteiger partial charge on any atom is -0.406 e. The maximum absolute atomic E-state index is 12.0. The van der Waals surface area contributed by atoms with Gasteiger partial charge in [-0.1, -0.05) is 12.1 Å². The number of hydrogen-bond donors (Lipinski definition) is 1. The van der Waals surface area contributed by atoms with Gasteiger partial charge in [0.2, 0.25) is 0 Å². The van der Waals surface area contributed by atoms with E-state index in [1.54, 1.807) is 13.0 Å². The van der Waals surface area contributed by atoms with Crippen LogP contribution in [0.25, 0.3) is 0 Å². The summed E-state index contributed by atoms with van der Waals surface area (Å²) >= 11 is 0. The van der Waals surface area contributed by atoms with Crippen molar-refractivity contribution in [3.8, 4) is 5.75 Å². The summed E-state index contributed by atoms with van der Waals surface area (Å²) in [6, 6.07) is 5.56. The third-order valence-corrected chi connectivity index (χ3v) is 2.17. The van der Waals surface area contributed by atoms with Gasteiger partial charge in [0.15, 0.2) is 0 Å². The topological polar surface area (TPSA) is 44.5 Å². The number of alkyl halides is 3. The first-order valence-corrected chi connectivity index (χ1v) is 4.89. The van der Waals surface area contributed by atoms with E-state index in [2.05, 4.69) is 4.74 Å². The highest BCUT2D eigenvalue weighted by atomic mass is 19.4. The first kappa shape index (κ1) is 13.8. The number of nitrogens with two attached hydrogens (primary N) is 1. The Morgan fingerprint density at radius 3 is 2.47 bits per heavy atom. The SMILES string of the molecule is COCC(C)(N)c1cccc(OC(F)(F)F)c1. The van der Waals surface area contributed by atoms with Crippen LogP contribution in [-0.4, -0.2) is 20.1 Å². The number of ether oxygens (including phenoxy) is 2. The second-order valence-electron chi connectivity index (χ2n) is 3.93. The lowest BCUT2D eigenvalue weighted by Gasteiger charge is -2.24. The minimum atomic E-state index is -4.70. The molecule has 2 N–H and O–H groups in total. The predicted molar refractivity (Wildman–Crippen MR) is 56.5 cm³/mol. The molecule has 0 bridgehead atoms. The maximum atomic E-state index is 12.0. The van der Waals surface area contributed by atoms with E-state index in [1.807, 2.05) is 0 Å². The fraction of sp³-hybridized carbons (Fsp3) is 0.455. The summed E-state index contributed by atoms with van der Waals surface area (Å²) in [5.74, 6) is -0.289. The van der Waals surface area contributed by atoms with Crippen molar-refractivity contribution in [2.45, 2.75) is 18.8 Å². The zero-order valence-corrected chi connectivity index (χ0v) is 9.54. The van der Waals surface area contributed by atoms with Crippen molar-refractivity contribution in [1.82, 2.24) is 0 Å². The van der Waals surface area contributed by atoms with Gasteiger partial charge in [-0.2, -0.15) is 0 Å². The van der Waals surface area contributed by atoms with Gasteiger partial charge in [0.25, 0.3) is 0 Å². The van der Waals surface area contributed by atoms with E-state index in [1.165, 1.54) is 25.3 Å². The average Bonchev–Trinajstić information content (AvgIpc) is 2.15. The molecule has 1 atom stereocenters. The Bertz CT molecular complexity index is 377. The predicted octanol–water partition coefficient (Wildman–Crippen LogP) is 2.41. The van der Waals surface area contributed by atoms with E-state index in [9.17, 15) is 13.2 Å². The Morgan fingerprint density at radius 2 is 1.94 bits per heavy atom. The van der Waals surface area contributed by atoms with Gasteiger partial charge in [-0.25, -0.2) is 0 Å². The van der Waals surface area contributed by atoms with Gasteiger partial charge >= 0.3 is 6.36 Å². The molecule has 96 valence electrons. The molecule has 1 unspecified atom stereocenters. The molecule has 1 rings (SSSR count). The fourth-order valence-corrected chi connectivity index (χ4v) is 1.43. The summed E-state index contributed by atoms with van der Waals surface area (Å²) in [5, 5.41) is 0. The average molecular weight is 249 g/mol. The number of halogens is 3. The summed E-state index contributed by atoms with van der Waals surface area (Å²) in [6.07, 6.45) is -4.70. The molecule has 3 nitrogen and oxygen atoms in total. The van der Waals surface area contributed by atoms with Crippen molar-refractivity contribution in [3.05, 3.63) is 29.8 Å². The van der Waals surface area contributed by atoms with Crippen molar-refractivity contribution < 1.29 is 22.6 Å². The van der Waals surface area contributed by atoms with Crippen LogP contribution in [0.2, 0.25) is 0 Å². The van der Waals surface area contributed by atoms with Crippen molar-refractivity contribution in [2.75, 3.05) is 13.7 Å². The van der Waals surface area contributed by atoms with Gasteiger partial charge in [-0.3, -0.25) is 0 Å². The van der Waals surface area contributed by atoms with Crippen molar-refractivity contribution in [2.24, 2.45) is 5.73 Å². The summed E-state index contributed by atoms with van der Waals surface area (Å²) in [7, 11) is 1.47. The lowest BCUT2D eigenvalue weighted by atomic mass is 9.94. The lowest BCUT2D eigenvalue weighted by Crippen LogP contribution is -2.37. The molecular weight excluding hydrogens is 235 g/mol. The third-order valence-electron chi connectivity index (χ3n) is 2.17. The first-order chi connectivity index (χ1) is 7.74. The van der Waals surface area contributed by atoms with Crippen LogP contribution < -0.4 is 10.5 Å². The summed E-state index contributed by atoms with van der Waals surface area (Å²) in [4.78, 5) is 0. The molecule has 6 heteroatoms. The van der Waals surface area contributed by atoms with E-state index in [0.29, 0.717) is 5.56 Å². The summed E-state index contributed by atoms with van der Waals surface area (Å²) in [6.45, 7) is 1.87. The van der Waals surface area contributed by atoms with E-state index in [-0.39, 0.29) is 12.4 Å². The molecule has 0 saturated carbocycles. The van der Waals surface area contributed by atoms with Crippen molar-refractivity contribution >= 4 is 0 Å². The Morgan fingerprint density at radius 1 is 1.29 bits per heavy atom. The molecule has 1 aromatic carbocycles. The highest BCUT2D eigenvalue weighted by Gasteiger charge is 2.31. The molecule has 0 aliphatic rings. The normalized spacial score (nSPS) is 15.4. The standard InChI is InChI=1S/C11H14F3NO2/c1-10(15,7-16-2)8-4-3-5-9(6-8)17-11(12,13)14/h3-6H,7,15H2,1-2H3. The molecule has 0 radical (unpaired) electrons. The molecule has 0 aromatic heterocycles. The molecule has 0 heterocycles. The molecule has 0 aliphatic heterocycles. The Labute approximate surface area is 97.3 Å². The fourth-order valence-electron chi connectivity index (χ4n) is 1.43. The van der Waals surface area contributed by atoms with Crippen molar-refractivity contribution in [1.29, 1.82) is 0 Å². The molecule has 0 aliphatic carbocycles. The van der Waals surface area contributed by atoms with E-state index < -0.39 is 11.9 Å². The number of benzene rings is 1. The summed E-state index contributed by atoms with van der Waals surface area (Å²) < 4.78 is 44.9. The zero-order chi connectivity index (χ0) is 13.1. The van der Waals surface area contributed by atoms with Crippen LogP contribution in [0, 0.1) is 0 Å². The second kappa shape index (κ2) is 4.93.